The van der Waals surface area contributed by atoms with Crippen molar-refractivity contribution in [3.05, 3.63) is 63.7 Å². The Labute approximate surface area is 117 Å². The van der Waals surface area contributed by atoms with Gasteiger partial charge in [-0.05, 0) is 14.0 Å². The summed E-state index contributed by atoms with van der Waals surface area (Å²) in [6.45, 7) is 2.98. The number of hydrogen-bond donors (Lipinski definition) is 0. The summed E-state index contributed by atoms with van der Waals surface area (Å²) in [4.78, 5) is 20.9. The molecule has 0 unspecified atom stereocenters. The van der Waals surface area contributed by atoms with Crippen molar-refractivity contribution in [2.75, 3.05) is 7.05 Å². The van der Waals surface area contributed by atoms with Crippen molar-refractivity contribution in [2.24, 2.45) is 0 Å². The lowest BCUT2D eigenvalue weighted by Gasteiger charge is -2.16. The van der Waals surface area contributed by atoms with Crippen molar-refractivity contribution in [3.8, 4) is 0 Å². The average Bonchev–Trinajstić information content (AvgIpc) is 2.41. The smallest absolute Gasteiger partial charge is 0.273 e. The normalized spacial score (nSPS) is 10.8. The number of rotatable bonds is 5. The molecule has 1 aromatic carbocycles. The molecular weight excluding hydrogens is 256 g/mol. The van der Waals surface area contributed by atoms with Gasteiger partial charge in [0.25, 0.3) is 5.69 Å². The minimum Gasteiger partial charge on any atom is -0.297 e. The van der Waals surface area contributed by atoms with E-state index in [0.29, 0.717) is 18.7 Å². The molecule has 0 radical (unpaired) electrons. The van der Waals surface area contributed by atoms with Gasteiger partial charge in [0.15, 0.2) is 0 Å². The number of aromatic nitrogens is 2. The second-order valence-corrected chi connectivity index (χ2v) is 4.70. The molecule has 1 aromatic heterocycles. The summed E-state index contributed by atoms with van der Waals surface area (Å²) in [5.41, 5.74) is 1.84. The zero-order valence-electron chi connectivity index (χ0n) is 11.5. The summed E-state index contributed by atoms with van der Waals surface area (Å²) in [6, 6.07) is 6.79. The van der Waals surface area contributed by atoms with Crippen LogP contribution in [-0.2, 0) is 13.1 Å². The van der Waals surface area contributed by atoms with Crippen molar-refractivity contribution in [3.63, 3.8) is 0 Å². The minimum atomic E-state index is -0.349. The molecule has 0 bridgehead atoms. The second kappa shape index (κ2) is 6.21. The first-order chi connectivity index (χ1) is 9.56. The van der Waals surface area contributed by atoms with Gasteiger partial charge in [-0.1, -0.05) is 18.2 Å². The summed E-state index contributed by atoms with van der Waals surface area (Å²) >= 11 is 0. The maximum Gasteiger partial charge on any atom is 0.273 e. The highest BCUT2D eigenvalue weighted by Crippen LogP contribution is 2.19. The summed E-state index contributed by atoms with van der Waals surface area (Å²) in [5, 5.41) is 11.0. The summed E-state index contributed by atoms with van der Waals surface area (Å²) in [5.74, 6) is 0.732. The van der Waals surface area contributed by atoms with E-state index in [9.17, 15) is 10.1 Å². The van der Waals surface area contributed by atoms with Crippen LogP contribution >= 0.6 is 0 Å². The van der Waals surface area contributed by atoms with Crippen LogP contribution in [0, 0.1) is 17.0 Å². The number of hydrogen-bond acceptors (Lipinski definition) is 5. The number of para-hydroxylation sites is 1. The van der Waals surface area contributed by atoms with Gasteiger partial charge in [0.1, 0.15) is 5.82 Å². The summed E-state index contributed by atoms with van der Waals surface area (Å²) in [7, 11) is 1.91. The first-order valence-corrected chi connectivity index (χ1v) is 6.24. The van der Waals surface area contributed by atoms with Crippen molar-refractivity contribution in [1.29, 1.82) is 0 Å². The van der Waals surface area contributed by atoms with Gasteiger partial charge in [0, 0.05) is 42.7 Å². The van der Waals surface area contributed by atoms with Crippen LogP contribution in [-0.4, -0.2) is 26.8 Å². The first-order valence-electron chi connectivity index (χ1n) is 6.24. The standard InChI is InChI=1S/C14H16N4O2/c1-11-15-7-12(8-16-11)9-17(2)10-13-5-3-4-6-14(13)18(19)20/h3-8H,9-10H2,1-2H3. The Morgan fingerprint density at radius 3 is 2.50 bits per heavy atom. The van der Waals surface area contributed by atoms with E-state index in [0.717, 1.165) is 11.4 Å². The molecule has 0 atom stereocenters. The maximum atomic E-state index is 11.0. The Bertz CT molecular complexity index is 598. The molecule has 0 saturated carbocycles. The fourth-order valence-corrected chi connectivity index (χ4v) is 1.98. The molecule has 0 saturated heterocycles. The Morgan fingerprint density at radius 1 is 1.20 bits per heavy atom. The number of nitrogens with zero attached hydrogens (tertiary/aromatic N) is 4. The Kier molecular flexibility index (Phi) is 4.37. The summed E-state index contributed by atoms with van der Waals surface area (Å²) < 4.78 is 0. The fourth-order valence-electron chi connectivity index (χ4n) is 1.98. The van der Waals surface area contributed by atoms with Crippen LogP contribution in [0.3, 0.4) is 0 Å². The van der Waals surface area contributed by atoms with Crippen molar-refractivity contribution < 1.29 is 4.92 Å². The van der Waals surface area contributed by atoms with E-state index in [2.05, 4.69) is 9.97 Å². The van der Waals surface area contributed by atoms with Gasteiger partial charge < -0.3 is 0 Å². The van der Waals surface area contributed by atoms with Crippen LogP contribution in [0.15, 0.2) is 36.7 Å². The fraction of sp³-hybridized carbons (Fsp3) is 0.286. The molecular formula is C14H16N4O2. The number of benzene rings is 1. The van der Waals surface area contributed by atoms with Gasteiger partial charge >= 0.3 is 0 Å². The molecule has 2 rings (SSSR count). The molecule has 104 valence electrons. The van der Waals surface area contributed by atoms with Crippen LogP contribution in [0.25, 0.3) is 0 Å². The zero-order valence-corrected chi connectivity index (χ0v) is 11.5. The van der Waals surface area contributed by atoms with E-state index in [1.54, 1.807) is 24.5 Å². The third-order valence-corrected chi connectivity index (χ3v) is 2.92. The van der Waals surface area contributed by atoms with Crippen LogP contribution in [0.4, 0.5) is 5.69 Å². The highest BCUT2D eigenvalue weighted by molar-refractivity contribution is 5.39. The van der Waals surface area contributed by atoms with Gasteiger partial charge in [-0.25, -0.2) is 9.97 Å². The van der Waals surface area contributed by atoms with Gasteiger partial charge in [0.2, 0.25) is 0 Å². The summed E-state index contributed by atoms with van der Waals surface area (Å²) in [6.07, 6.45) is 3.55. The van der Waals surface area contributed by atoms with Crippen molar-refractivity contribution in [1.82, 2.24) is 14.9 Å². The molecule has 0 aliphatic heterocycles. The third-order valence-electron chi connectivity index (χ3n) is 2.92. The molecule has 0 aliphatic rings. The van der Waals surface area contributed by atoms with E-state index in [4.69, 9.17) is 0 Å². The monoisotopic (exact) mass is 272 g/mol. The lowest BCUT2D eigenvalue weighted by molar-refractivity contribution is -0.385. The zero-order chi connectivity index (χ0) is 14.5. The second-order valence-electron chi connectivity index (χ2n) is 4.70. The molecule has 20 heavy (non-hydrogen) atoms. The largest absolute Gasteiger partial charge is 0.297 e. The SMILES string of the molecule is Cc1ncc(CN(C)Cc2ccccc2[N+](=O)[O-])cn1. The number of nitro benzene ring substituents is 1. The van der Waals surface area contributed by atoms with E-state index in [-0.39, 0.29) is 10.6 Å². The highest BCUT2D eigenvalue weighted by Gasteiger charge is 2.14. The molecule has 6 nitrogen and oxygen atoms in total. The Hall–Kier alpha value is -2.34. The van der Waals surface area contributed by atoms with Gasteiger partial charge in [-0.3, -0.25) is 15.0 Å². The van der Waals surface area contributed by atoms with Crippen LogP contribution in [0.5, 0.6) is 0 Å². The molecule has 0 spiro atoms. The molecule has 0 aliphatic carbocycles. The van der Waals surface area contributed by atoms with Crippen LogP contribution < -0.4 is 0 Å². The quantitative estimate of drug-likeness (QED) is 0.617. The third kappa shape index (κ3) is 3.58. The Morgan fingerprint density at radius 2 is 1.85 bits per heavy atom. The first kappa shape index (κ1) is 14.1. The lowest BCUT2D eigenvalue weighted by atomic mass is 10.1. The van der Waals surface area contributed by atoms with Gasteiger partial charge in [0.05, 0.1) is 4.92 Å². The number of nitro groups is 1. The van der Waals surface area contributed by atoms with E-state index in [1.165, 1.54) is 6.07 Å². The lowest BCUT2D eigenvalue weighted by Crippen LogP contribution is -2.18. The van der Waals surface area contributed by atoms with Crippen molar-refractivity contribution >= 4 is 5.69 Å². The van der Waals surface area contributed by atoms with E-state index < -0.39 is 0 Å². The van der Waals surface area contributed by atoms with Crippen LogP contribution in [0.2, 0.25) is 0 Å². The predicted molar refractivity (Wildman–Crippen MR) is 75.0 cm³/mol. The molecule has 0 N–H and O–H groups in total. The van der Waals surface area contributed by atoms with Crippen molar-refractivity contribution in [2.45, 2.75) is 20.0 Å². The minimum absolute atomic E-state index is 0.152. The highest BCUT2D eigenvalue weighted by atomic mass is 16.6. The van der Waals surface area contributed by atoms with E-state index in [1.807, 2.05) is 24.9 Å². The van der Waals surface area contributed by atoms with Gasteiger partial charge in [-0.15, -0.1) is 0 Å². The number of aryl methyl sites for hydroxylation is 1. The Balaban J connectivity index is 2.06. The molecule has 0 fully saturated rings. The average molecular weight is 272 g/mol. The van der Waals surface area contributed by atoms with Gasteiger partial charge in [-0.2, -0.15) is 0 Å². The molecule has 0 amide bonds. The molecule has 2 aromatic rings. The molecule has 6 heteroatoms. The van der Waals surface area contributed by atoms with Crippen LogP contribution in [0.1, 0.15) is 17.0 Å². The predicted octanol–water partition coefficient (Wildman–Crippen LogP) is 2.33. The molecule has 1 heterocycles. The van der Waals surface area contributed by atoms with E-state index >= 15 is 0 Å². The maximum absolute atomic E-state index is 11.0. The topological polar surface area (TPSA) is 72.2 Å².